The molecule has 1 saturated heterocycles. The maximum atomic E-state index is 6.29. The fourth-order valence-corrected chi connectivity index (χ4v) is 3.94. The molecule has 16 heavy (non-hydrogen) atoms. The van der Waals surface area contributed by atoms with Crippen molar-refractivity contribution in [3.8, 4) is 0 Å². The quantitative estimate of drug-likeness (QED) is 0.724. The average molecular weight is 255 g/mol. The summed E-state index contributed by atoms with van der Waals surface area (Å²) in [5.74, 6) is 3.63. The molecule has 2 rings (SSSR count). The number of halogens is 1. The van der Waals surface area contributed by atoms with Gasteiger partial charge in [-0.15, -0.1) is 11.6 Å². The summed E-state index contributed by atoms with van der Waals surface area (Å²) in [6.45, 7) is 4.47. The van der Waals surface area contributed by atoms with E-state index in [1.807, 2.05) is 11.8 Å². The first-order valence-electron chi connectivity index (χ1n) is 5.97. The minimum atomic E-state index is 0.370. The summed E-state index contributed by atoms with van der Waals surface area (Å²) in [5, 5.41) is 0.370. The zero-order chi connectivity index (χ0) is 11.5. The Morgan fingerprint density at radius 1 is 1.25 bits per heavy atom. The number of hydrogen-bond acceptors (Lipinski definition) is 1. The van der Waals surface area contributed by atoms with E-state index in [2.05, 4.69) is 38.1 Å². The van der Waals surface area contributed by atoms with Gasteiger partial charge in [-0.05, 0) is 35.1 Å². The number of hydrogen-bond donors (Lipinski definition) is 0. The standard InChI is InChI=1S/C14H19ClS/c1-10(2)12-5-3-11(4-6-12)7-13-8-16-9-14(13)15/h3-6,10,13-14H,7-9H2,1-2H3. The lowest BCUT2D eigenvalue weighted by Gasteiger charge is -2.13. The van der Waals surface area contributed by atoms with Crippen LogP contribution in [0.4, 0.5) is 0 Å². The van der Waals surface area contributed by atoms with E-state index in [0.717, 1.165) is 12.2 Å². The first kappa shape index (κ1) is 12.3. The largest absolute Gasteiger partial charge is 0.160 e. The monoisotopic (exact) mass is 254 g/mol. The van der Waals surface area contributed by atoms with Gasteiger partial charge in [-0.3, -0.25) is 0 Å². The summed E-state index contributed by atoms with van der Waals surface area (Å²) in [5.41, 5.74) is 2.86. The molecular formula is C14H19ClS. The topological polar surface area (TPSA) is 0 Å². The van der Waals surface area contributed by atoms with E-state index in [1.165, 1.54) is 16.9 Å². The van der Waals surface area contributed by atoms with Crippen molar-refractivity contribution < 1.29 is 0 Å². The zero-order valence-electron chi connectivity index (χ0n) is 9.95. The fourth-order valence-electron chi connectivity index (χ4n) is 2.10. The van der Waals surface area contributed by atoms with Gasteiger partial charge in [-0.1, -0.05) is 38.1 Å². The summed E-state index contributed by atoms with van der Waals surface area (Å²) < 4.78 is 0. The number of thioether (sulfide) groups is 1. The molecule has 2 heteroatoms. The molecule has 1 aromatic carbocycles. The van der Waals surface area contributed by atoms with Gasteiger partial charge in [0.15, 0.2) is 0 Å². The van der Waals surface area contributed by atoms with Crippen molar-refractivity contribution in [1.82, 2.24) is 0 Å². The van der Waals surface area contributed by atoms with Crippen molar-refractivity contribution in [3.05, 3.63) is 35.4 Å². The average Bonchev–Trinajstić information content (AvgIpc) is 2.65. The van der Waals surface area contributed by atoms with Crippen LogP contribution in [0.1, 0.15) is 30.9 Å². The van der Waals surface area contributed by atoms with Gasteiger partial charge in [0.05, 0.1) is 0 Å². The van der Waals surface area contributed by atoms with Gasteiger partial charge in [0.2, 0.25) is 0 Å². The molecule has 0 spiro atoms. The summed E-state index contributed by atoms with van der Waals surface area (Å²) >= 11 is 8.27. The van der Waals surface area contributed by atoms with Crippen molar-refractivity contribution in [1.29, 1.82) is 0 Å². The van der Waals surface area contributed by atoms with E-state index >= 15 is 0 Å². The van der Waals surface area contributed by atoms with Gasteiger partial charge in [0.1, 0.15) is 0 Å². The van der Waals surface area contributed by atoms with E-state index < -0.39 is 0 Å². The molecule has 1 fully saturated rings. The normalized spacial score (nSPS) is 25.2. The Morgan fingerprint density at radius 3 is 2.44 bits per heavy atom. The smallest absolute Gasteiger partial charge is 0.0465 e. The van der Waals surface area contributed by atoms with Crippen molar-refractivity contribution >= 4 is 23.4 Å². The lowest BCUT2D eigenvalue weighted by molar-refractivity contribution is 0.603. The van der Waals surface area contributed by atoms with Crippen LogP contribution in [0.15, 0.2) is 24.3 Å². The molecular weight excluding hydrogens is 236 g/mol. The molecule has 2 unspecified atom stereocenters. The van der Waals surface area contributed by atoms with Gasteiger partial charge in [-0.2, -0.15) is 11.8 Å². The van der Waals surface area contributed by atoms with Gasteiger partial charge in [0.25, 0.3) is 0 Å². The third kappa shape index (κ3) is 2.95. The first-order chi connectivity index (χ1) is 7.66. The van der Waals surface area contributed by atoms with Crippen LogP contribution in [0.3, 0.4) is 0 Å². The number of rotatable bonds is 3. The van der Waals surface area contributed by atoms with Crippen LogP contribution in [0.2, 0.25) is 0 Å². The molecule has 0 radical (unpaired) electrons. The minimum Gasteiger partial charge on any atom is -0.160 e. The molecule has 0 N–H and O–H groups in total. The van der Waals surface area contributed by atoms with Crippen LogP contribution in [0.25, 0.3) is 0 Å². The molecule has 0 nitrogen and oxygen atoms in total. The molecule has 88 valence electrons. The van der Waals surface area contributed by atoms with Crippen LogP contribution in [0, 0.1) is 5.92 Å². The van der Waals surface area contributed by atoms with Crippen LogP contribution in [-0.2, 0) is 6.42 Å². The molecule has 1 aliphatic heterocycles. The Hall–Kier alpha value is -0.140. The maximum Gasteiger partial charge on any atom is 0.0465 e. The Balaban J connectivity index is 1.99. The van der Waals surface area contributed by atoms with E-state index in [4.69, 9.17) is 11.6 Å². The highest BCUT2D eigenvalue weighted by Gasteiger charge is 2.25. The molecule has 2 atom stereocenters. The summed E-state index contributed by atoms with van der Waals surface area (Å²) in [6.07, 6.45) is 1.14. The van der Waals surface area contributed by atoms with E-state index in [1.54, 1.807) is 0 Å². The van der Waals surface area contributed by atoms with Crippen molar-refractivity contribution in [3.63, 3.8) is 0 Å². The Morgan fingerprint density at radius 2 is 1.94 bits per heavy atom. The second-order valence-corrected chi connectivity index (χ2v) is 6.55. The first-order valence-corrected chi connectivity index (χ1v) is 7.56. The lowest BCUT2D eigenvalue weighted by Crippen LogP contribution is -2.14. The third-order valence-electron chi connectivity index (χ3n) is 3.26. The lowest BCUT2D eigenvalue weighted by atomic mass is 9.95. The second kappa shape index (κ2) is 5.46. The van der Waals surface area contributed by atoms with E-state index in [9.17, 15) is 0 Å². The summed E-state index contributed by atoms with van der Waals surface area (Å²) in [4.78, 5) is 0. The molecule has 0 amide bonds. The van der Waals surface area contributed by atoms with Gasteiger partial charge >= 0.3 is 0 Å². The Labute approximate surface area is 108 Å². The van der Waals surface area contributed by atoms with Gasteiger partial charge in [-0.25, -0.2) is 0 Å². The predicted octanol–water partition coefficient (Wildman–Crippen LogP) is 4.32. The zero-order valence-corrected chi connectivity index (χ0v) is 11.5. The molecule has 0 bridgehead atoms. The predicted molar refractivity (Wildman–Crippen MR) is 74.7 cm³/mol. The number of benzene rings is 1. The van der Waals surface area contributed by atoms with E-state index in [-0.39, 0.29) is 0 Å². The van der Waals surface area contributed by atoms with Gasteiger partial charge < -0.3 is 0 Å². The SMILES string of the molecule is CC(C)c1ccc(CC2CSCC2Cl)cc1. The Kier molecular flexibility index (Phi) is 4.21. The second-order valence-electron chi connectivity index (χ2n) is 4.91. The van der Waals surface area contributed by atoms with Crippen molar-refractivity contribution in [2.24, 2.45) is 5.92 Å². The summed E-state index contributed by atoms with van der Waals surface area (Å²) in [7, 11) is 0. The highest BCUT2D eigenvalue weighted by molar-refractivity contribution is 7.99. The van der Waals surface area contributed by atoms with Crippen molar-refractivity contribution in [2.75, 3.05) is 11.5 Å². The fraction of sp³-hybridized carbons (Fsp3) is 0.571. The molecule has 0 aromatic heterocycles. The summed E-state index contributed by atoms with van der Waals surface area (Å²) in [6, 6.07) is 9.04. The maximum absolute atomic E-state index is 6.29. The molecule has 1 heterocycles. The van der Waals surface area contributed by atoms with Crippen LogP contribution in [0.5, 0.6) is 0 Å². The minimum absolute atomic E-state index is 0.370. The van der Waals surface area contributed by atoms with Gasteiger partial charge in [0, 0.05) is 11.1 Å². The number of alkyl halides is 1. The molecule has 1 aliphatic rings. The Bertz CT molecular complexity index is 331. The molecule has 0 saturated carbocycles. The third-order valence-corrected chi connectivity index (χ3v) is 5.22. The van der Waals surface area contributed by atoms with Crippen LogP contribution in [-0.4, -0.2) is 16.9 Å². The van der Waals surface area contributed by atoms with Crippen LogP contribution < -0.4 is 0 Å². The van der Waals surface area contributed by atoms with E-state index in [0.29, 0.717) is 17.2 Å². The highest BCUT2D eigenvalue weighted by atomic mass is 35.5. The van der Waals surface area contributed by atoms with Crippen molar-refractivity contribution in [2.45, 2.75) is 31.6 Å². The molecule has 1 aromatic rings. The highest BCUT2D eigenvalue weighted by Crippen LogP contribution is 2.31. The van der Waals surface area contributed by atoms with Crippen LogP contribution >= 0.6 is 23.4 Å². The molecule has 0 aliphatic carbocycles.